The van der Waals surface area contributed by atoms with Gasteiger partial charge in [0.1, 0.15) is 0 Å². The predicted octanol–water partition coefficient (Wildman–Crippen LogP) is 13.2. The average Bonchev–Trinajstić information content (AvgIpc) is 3.61. The monoisotopic (exact) mass is 725 g/mol. The van der Waals surface area contributed by atoms with E-state index in [9.17, 15) is 0 Å². The molecule has 10 aromatic rings. The van der Waals surface area contributed by atoms with E-state index in [0.717, 1.165) is 38.6 Å². The van der Waals surface area contributed by atoms with E-state index in [-0.39, 0.29) is 0 Å². The van der Waals surface area contributed by atoms with Crippen molar-refractivity contribution < 1.29 is 0 Å². The first-order valence-electron chi connectivity index (χ1n) is 19.4. The Bertz CT molecular complexity index is 3050. The van der Waals surface area contributed by atoms with Crippen molar-refractivity contribution in [1.29, 1.82) is 0 Å². The van der Waals surface area contributed by atoms with E-state index in [0.29, 0.717) is 17.5 Å². The van der Waals surface area contributed by atoms with Crippen LogP contribution in [0.4, 0.5) is 0 Å². The van der Waals surface area contributed by atoms with Gasteiger partial charge in [0.15, 0.2) is 17.5 Å². The summed E-state index contributed by atoms with van der Waals surface area (Å²) in [5, 5.41) is 4.82. The molecule has 1 aromatic heterocycles. The number of nitrogens with zero attached hydrogens (tertiary/aromatic N) is 3. The maximum atomic E-state index is 5.18. The number of hydrogen-bond donors (Lipinski definition) is 0. The molecule has 1 aliphatic carbocycles. The summed E-state index contributed by atoms with van der Waals surface area (Å²) < 4.78 is 0. The third-order valence-electron chi connectivity index (χ3n) is 11.6. The lowest BCUT2D eigenvalue weighted by Gasteiger charge is -2.34. The van der Waals surface area contributed by atoms with Crippen LogP contribution < -0.4 is 0 Å². The molecule has 11 rings (SSSR count). The molecule has 57 heavy (non-hydrogen) atoms. The third-order valence-corrected chi connectivity index (χ3v) is 11.6. The van der Waals surface area contributed by atoms with Crippen LogP contribution in [-0.2, 0) is 5.41 Å². The maximum absolute atomic E-state index is 5.18. The molecule has 1 heterocycles. The van der Waals surface area contributed by atoms with E-state index >= 15 is 0 Å². The second-order valence-corrected chi connectivity index (χ2v) is 14.7. The normalized spacial score (nSPS) is 14.4. The SMILES string of the molecule is c1ccc(-c2nc(-c3ccccc3)nc(-c3cc4ccccc4cc3-c3ccc(C4(c5ccccc5)c5ccccc5-c5c4ccc4ccccc54)cc3)n2)cc1. The highest BCUT2D eigenvalue weighted by Gasteiger charge is 2.46. The molecule has 1 unspecified atom stereocenters. The lowest BCUT2D eigenvalue weighted by atomic mass is 9.67. The molecule has 3 nitrogen and oxygen atoms in total. The minimum Gasteiger partial charge on any atom is -0.208 e. The van der Waals surface area contributed by atoms with E-state index in [1.165, 1.54) is 44.2 Å². The van der Waals surface area contributed by atoms with E-state index in [4.69, 9.17) is 15.0 Å². The molecule has 0 aliphatic heterocycles. The highest BCUT2D eigenvalue weighted by Crippen LogP contribution is 2.58. The number of aromatic nitrogens is 3. The number of benzene rings is 9. The van der Waals surface area contributed by atoms with Crippen molar-refractivity contribution in [3.63, 3.8) is 0 Å². The molecule has 0 saturated carbocycles. The minimum atomic E-state index is -0.509. The molecule has 0 N–H and O–H groups in total. The highest BCUT2D eigenvalue weighted by molar-refractivity contribution is 6.04. The standard InChI is InChI=1S/C54H35N3/c1-4-17-38(18-5-1)51-55-52(39-19-6-2-7-20-39)57-53(56-51)47-35-41-22-11-10-21-40(41)34-46(47)37-28-31-43(32-29-37)54(42-23-8-3-9-24-42)48-27-15-14-26-45(48)50-44-25-13-12-16-36(44)30-33-49(50)54/h1-35H. The van der Waals surface area contributed by atoms with Crippen molar-refractivity contribution in [3.8, 4) is 56.4 Å². The molecule has 1 atom stereocenters. The fourth-order valence-electron chi connectivity index (χ4n) is 9.02. The Morgan fingerprint density at radius 3 is 1.47 bits per heavy atom. The fraction of sp³-hybridized carbons (Fsp3) is 0.0185. The molecule has 0 spiro atoms. The molecule has 0 bridgehead atoms. The van der Waals surface area contributed by atoms with Crippen molar-refractivity contribution in [2.45, 2.75) is 5.41 Å². The van der Waals surface area contributed by atoms with Gasteiger partial charge in [0, 0.05) is 16.7 Å². The minimum absolute atomic E-state index is 0.509. The van der Waals surface area contributed by atoms with E-state index < -0.39 is 5.41 Å². The topological polar surface area (TPSA) is 38.7 Å². The Kier molecular flexibility index (Phi) is 7.71. The van der Waals surface area contributed by atoms with Gasteiger partial charge in [0.25, 0.3) is 0 Å². The second kappa shape index (κ2) is 13.4. The Hall–Kier alpha value is -7.49. The van der Waals surface area contributed by atoms with Crippen molar-refractivity contribution in [3.05, 3.63) is 235 Å². The van der Waals surface area contributed by atoms with E-state index in [1.54, 1.807) is 0 Å². The third kappa shape index (κ3) is 5.32. The van der Waals surface area contributed by atoms with Crippen LogP contribution in [0.5, 0.6) is 0 Å². The highest BCUT2D eigenvalue weighted by atomic mass is 15.0. The van der Waals surface area contributed by atoms with Gasteiger partial charge < -0.3 is 0 Å². The average molecular weight is 726 g/mol. The fourth-order valence-corrected chi connectivity index (χ4v) is 9.02. The molecule has 0 amide bonds. The van der Waals surface area contributed by atoms with Gasteiger partial charge in [0.2, 0.25) is 0 Å². The van der Waals surface area contributed by atoms with Gasteiger partial charge in [-0.1, -0.05) is 200 Å². The van der Waals surface area contributed by atoms with Crippen LogP contribution >= 0.6 is 0 Å². The Balaban J connectivity index is 1.13. The number of fused-ring (bicyclic) bond motifs is 6. The van der Waals surface area contributed by atoms with Crippen molar-refractivity contribution in [2.75, 3.05) is 0 Å². The summed E-state index contributed by atoms with van der Waals surface area (Å²) in [7, 11) is 0. The van der Waals surface area contributed by atoms with Gasteiger partial charge in [0.05, 0.1) is 5.41 Å². The van der Waals surface area contributed by atoms with Gasteiger partial charge in [-0.2, -0.15) is 0 Å². The van der Waals surface area contributed by atoms with Crippen LogP contribution in [0.15, 0.2) is 212 Å². The zero-order chi connectivity index (χ0) is 37.8. The summed E-state index contributed by atoms with van der Waals surface area (Å²) in [5.74, 6) is 1.92. The van der Waals surface area contributed by atoms with Crippen LogP contribution in [0, 0.1) is 0 Å². The number of hydrogen-bond acceptors (Lipinski definition) is 3. The van der Waals surface area contributed by atoms with Gasteiger partial charge >= 0.3 is 0 Å². The first-order chi connectivity index (χ1) is 28.3. The molecule has 0 radical (unpaired) electrons. The molecule has 9 aromatic carbocycles. The molecule has 0 saturated heterocycles. The Labute approximate surface area is 331 Å². The number of rotatable bonds is 6. The molecular formula is C54H35N3. The zero-order valence-corrected chi connectivity index (χ0v) is 31.0. The van der Waals surface area contributed by atoms with Crippen molar-refractivity contribution >= 4 is 21.5 Å². The second-order valence-electron chi connectivity index (χ2n) is 14.7. The first-order valence-corrected chi connectivity index (χ1v) is 19.4. The molecule has 3 heteroatoms. The predicted molar refractivity (Wildman–Crippen MR) is 234 cm³/mol. The molecule has 0 fully saturated rings. The van der Waals surface area contributed by atoms with Crippen molar-refractivity contribution in [1.82, 2.24) is 15.0 Å². The van der Waals surface area contributed by atoms with Gasteiger partial charge in [-0.25, -0.2) is 15.0 Å². The first kappa shape index (κ1) is 32.9. The summed E-state index contributed by atoms with van der Waals surface area (Å²) in [5.41, 5.74) is 12.2. The van der Waals surface area contributed by atoms with Crippen molar-refractivity contribution in [2.24, 2.45) is 0 Å². The van der Waals surface area contributed by atoms with Gasteiger partial charge in [-0.15, -0.1) is 0 Å². The Morgan fingerprint density at radius 2 is 0.807 bits per heavy atom. The molecular weight excluding hydrogens is 691 g/mol. The molecule has 266 valence electrons. The Morgan fingerprint density at radius 1 is 0.298 bits per heavy atom. The van der Waals surface area contributed by atoms with Crippen LogP contribution in [-0.4, -0.2) is 15.0 Å². The largest absolute Gasteiger partial charge is 0.208 e. The lowest BCUT2D eigenvalue weighted by molar-refractivity contribution is 0.769. The lowest BCUT2D eigenvalue weighted by Crippen LogP contribution is -2.28. The maximum Gasteiger partial charge on any atom is 0.164 e. The summed E-state index contributed by atoms with van der Waals surface area (Å²) in [6, 6.07) is 76.0. The summed E-state index contributed by atoms with van der Waals surface area (Å²) >= 11 is 0. The van der Waals surface area contributed by atoms with Crippen LogP contribution in [0.25, 0.3) is 78.0 Å². The molecule has 1 aliphatic rings. The van der Waals surface area contributed by atoms with Gasteiger partial charge in [-0.05, 0) is 78.2 Å². The summed E-state index contributed by atoms with van der Waals surface area (Å²) in [6.07, 6.45) is 0. The van der Waals surface area contributed by atoms with Crippen LogP contribution in [0.1, 0.15) is 22.3 Å². The quantitative estimate of drug-likeness (QED) is 0.171. The van der Waals surface area contributed by atoms with Crippen LogP contribution in [0.3, 0.4) is 0 Å². The van der Waals surface area contributed by atoms with Crippen LogP contribution in [0.2, 0.25) is 0 Å². The zero-order valence-electron chi connectivity index (χ0n) is 31.0. The van der Waals surface area contributed by atoms with E-state index in [1.807, 2.05) is 36.4 Å². The smallest absolute Gasteiger partial charge is 0.164 e. The summed E-state index contributed by atoms with van der Waals surface area (Å²) in [4.78, 5) is 15.3. The van der Waals surface area contributed by atoms with E-state index in [2.05, 4.69) is 176 Å². The van der Waals surface area contributed by atoms with Gasteiger partial charge in [-0.3, -0.25) is 0 Å². The summed E-state index contributed by atoms with van der Waals surface area (Å²) in [6.45, 7) is 0.